The Morgan fingerprint density at radius 1 is 0.690 bits per heavy atom. The summed E-state index contributed by atoms with van der Waals surface area (Å²) in [7, 11) is -4.68. The van der Waals surface area contributed by atoms with Gasteiger partial charge in [-0.25, -0.2) is 9.59 Å². The molecule has 0 amide bonds. The van der Waals surface area contributed by atoms with Gasteiger partial charge in [0.2, 0.25) is 0 Å². The van der Waals surface area contributed by atoms with E-state index in [4.69, 9.17) is 9.47 Å². The Morgan fingerprint density at radius 2 is 1.07 bits per heavy atom. The minimum absolute atomic E-state index is 0. The van der Waals surface area contributed by atoms with Crippen LogP contribution in [0.25, 0.3) is 0 Å². The Labute approximate surface area is 189 Å². The van der Waals surface area contributed by atoms with Gasteiger partial charge in [0.05, 0.1) is 16.0 Å². The van der Waals surface area contributed by atoms with E-state index in [9.17, 15) is 22.6 Å². The molecule has 0 radical (unpaired) electrons. The van der Waals surface area contributed by atoms with Crippen LogP contribution >= 0.6 is 0 Å². The number of ether oxygens (including phenoxy) is 2. The third-order valence-electron chi connectivity index (χ3n) is 3.58. The molecule has 0 fully saturated rings. The molecule has 7 nitrogen and oxygen atoms in total. The summed E-state index contributed by atoms with van der Waals surface area (Å²) < 4.78 is 42.8. The molecule has 0 saturated carbocycles. The molecular formula is C20H14NaO7S+. The molecule has 9 heteroatoms. The summed E-state index contributed by atoms with van der Waals surface area (Å²) in [6, 6.07) is 19.2. The van der Waals surface area contributed by atoms with Crippen LogP contribution in [0.5, 0.6) is 11.5 Å². The predicted molar refractivity (Wildman–Crippen MR) is 99.1 cm³/mol. The Bertz CT molecular complexity index is 1040. The monoisotopic (exact) mass is 421 g/mol. The van der Waals surface area contributed by atoms with Crippen LogP contribution in [-0.4, -0.2) is 24.9 Å². The molecule has 0 heterocycles. The fourth-order valence-corrected chi connectivity index (χ4v) is 2.84. The van der Waals surface area contributed by atoms with E-state index in [2.05, 4.69) is 0 Å². The van der Waals surface area contributed by atoms with Gasteiger partial charge < -0.3 is 9.47 Å². The Morgan fingerprint density at radius 3 is 1.41 bits per heavy atom. The molecule has 29 heavy (non-hydrogen) atoms. The van der Waals surface area contributed by atoms with Crippen molar-refractivity contribution in [1.29, 1.82) is 0 Å². The molecule has 0 atom stereocenters. The van der Waals surface area contributed by atoms with Crippen LogP contribution in [0.3, 0.4) is 0 Å². The largest absolute Gasteiger partial charge is 1.00 e. The molecule has 0 saturated heterocycles. The van der Waals surface area contributed by atoms with Crippen molar-refractivity contribution in [3.8, 4) is 11.5 Å². The fraction of sp³-hybridized carbons (Fsp3) is 0. The van der Waals surface area contributed by atoms with E-state index < -0.39 is 27.0 Å². The molecule has 0 unspecified atom stereocenters. The Kier molecular flexibility index (Phi) is 7.72. The van der Waals surface area contributed by atoms with Crippen LogP contribution in [0.1, 0.15) is 20.7 Å². The van der Waals surface area contributed by atoms with Crippen molar-refractivity contribution in [3.05, 3.63) is 90.0 Å². The topological polar surface area (TPSA) is 107 Å². The third-order valence-corrected chi connectivity index (χ3v) is 4.41. The maximum absolute atomic E-state index is 12.4. The average Bonchev–Trinajstić information content (AvgIpc) is 2.68. The molecular weight excluding hydrogens is 407 g/mol. The van der Waals surface area contributed by atoms with Gasteiger partial charge in [0.1, 0.15) is 11.5 Å². The number of benzene rings is 3. The van der Waals surface area contributed by atoms with Gasteiger partial charge in [0.25, 0.3) is 10.1 Å². The normalized spacial score (nSPS) is 10.5. The maximum atomic E-state index is 12.4. The molecule has 0 bridgehead atoms. The first kappa shape index (κ1) is 22.8. The van der Waals surface area contributed by atoms with Gasteiger partial charge >= 0.3 is 41.5 Å². The minimum atomic E-state index is -4.68. The molecule has 0 aliphatic heterocycles. The zero-order valence-electron chi connectivity index (χ0n) is 15.3. The Hall–Kier alpha value is -2.49. The van der Waals surface area contributed by atoms with Gasteiger partial charge in [-0.2, -0.15) is 8.42 Å². The van der Waals surface area contributed by atoms with Crippen LogP contribution < -0.4 is 39.0 Å². The van der Waals surface area contributed by atoms with Gasteiger partial charge in [-0.1, -0.05) is 36.4 Å². The summed E-state index contributed by atoms with van der Waals surface area (Å²) >= 11 is 0. The standard InChI is InChI=1S/C20H14O7S.Na/c21-19(26-16-7-3-1-4-8-16)14-11-15(13-18(12-14)28(23,24)25)20(22)27-17-9-5-2-6-10-17;/h1-13H,(H,23,24,25);/q;+1. The van der Waals surface area contributed by atoms with Crippen molar-refractivity contribution < 1.29 is 61.6 Å². The molecule has 3 aromatic carbocycles. The molecule has 0 aliphatic rings. The third kappa shape index (κ3) is 6.25. The summed E-state index contributed by atoms with van der Waals surface area (Å²) in [4.78, 5) is 24.1. The second-order valence-corrected chi connectivity index (χ2v) is 7.05. The molecule has 3 rings (SSSR count). The second-order valence-electron chi connectivity index (χ2n) is 5.63. The van der Waals surface area contributed by atoms with Crippen molar-refractivity contribution in [3.63, 3.8) is 0 Å². The summed E-state index contributed by atoms with van der Waals surface area (Å²) in [5.41, 5.74) is -0.474. The van der Waals surface area contributed by atoms with E-state index in [0.29, 0.717) is 0 Å². The predicted octanol–water partition coefficient (Wildman–Crippen LogP) is 0.376. The first-order valence-corrected chi connectivity index (χ1v) is 9.44. The molecule has 0 aromatic heterocycles. The molecule has 3 aromatic rings. The second kappa shape index (κ2) is 9.82. The molecule has 0 aliphatic carbocycles. The van der Waals surface area contributed by atoms with Crippen LogP contribution in [0, 0.1) is 0 Å². The number of carbonyl (C=O) groups is 2. The van der Waals surface area contributed by atoms with Crippen molar-refractivity contribution in [1.82, 2.24) is 0 Å². The first-order chi connectivity index (χ1) is 13.3. The van der Waals surface area contributed by atoms with Crippen molar-refractivity contribution in [2.24, 2.45) is 0 Å². The van der Waals surface area contributed by atoms with Crippen LogP contribution in [0.4, 0.5) is 0 Å². The summed E-state index contributed by atoms with van der Waals surface area (Å²) in [5, 5.41) is 0. The first-order valence-electron chi connectivity index (χ1n) is 8.00. The van der Waals surface area contributed by atoms with Crippen LogP contribution in [-0.2, 0) is 10.1 Å². The zero-order chi connectivity index (χ0) is 20.1. The zero-order valence-corrected chi connectivity index (χ0v) is 18.1. The van der Waals surface area contributed by atoms with Crippen molar-refractivity contribution >= 4 is 22.1 Å². The van der Waals surface area contributed by atoms with Crippen molar-refractivity contribution in [2.75, 3.05) is 0 Å². The number of para-hydroxylation sites is 2. The molecule has 1 N–H and O–H groups in total. The van der Waals surface area contributed by atoms with E-state index in [1.54, 1.807) is 36.4 Å². The van der Waals surface area contributed by atoms with Gasteiger partial charge in [-0.3, -0.25) is 4.55 Å². The van der Waals surface area contributed by atoms with Crippen molar-refractivity contribution in [2.45, 2.75) is 4.90 Å². The van der Waals surface area contributed by atoms with Crippen LogP contribution in [0.15, 0.2) is 83.8 Å². The summed E-state index contributed by atoms with van der Waals surface area (Å²) in [6.07, 6.45) is 0. The number of carbonyl (C=O) groups excluding carboxylic acids is 2. The molecule has 142 valence electrons. The SMILES string of the molecule is O=C(Oc1ccccc1)c1cc(C(=O)Oc2ccccc2)cc(S(=O)(=O)O)c1.[Na+]. The van der Waals surface area contributed by atoms with Gasteiger partial charge in [-0.05, 0) is 42.5 Å². The number of esters is 2. The average molecular weight is 421 g/mol. The Balaban J connectivity index is 0.00000300. The summed E-state index contributed by atoms with van der Waals surface area (Å²) in [6.45, 7) is 0. The maximum Gasteiger partial charge on any atom is 1.00 e. The van der Waals surface area contributed by atoms with E-state index >= 15 is 0 Å². The van der Waals surface area contributed by atoms with E-state index in [1.807, 2.05) is 0 Å². The summed E-state index contributed by atoms with van der Waals surface area (Å²) in [5.74, 6) is -1.33. The van der Waals surface area contributed by atoms with E-state index in [0.717, 1.165) is 18.2 Å². The smallest absolute Gasteiger partial charge is 0.423 e. The van der Waals surface area contributed by atoms with E-state index in [1.165, 1.54) is 24.3 Å². The van der Waals surface area contributed by atoms with E-state index in [-0.39, 0.29) is 52.2 Å². The molecule has 0 spiro atoms. The quantitative estimate of drug-likeness (QED) is 0.275. The van der Waals surface area contributed by atoms with Gasteiger partial charge in [0.15, 0.2) is 0 Å². The van der Waals surface area contributed by atoms with Gasteiger partial charge in [0, 0.05) is 0 Å². The minimum Gasteiger partial charge on any atom is -0.423 e. The fourth-order valence-electron chi connectivity index (χ4n) is 2.29. The number of hydrogen-bond donors (Lipinski definition) is 1. The van der Waals surface area contributed by atoms with Crippen LogP contribution in [0.2, 0.25) is 0 Å². The number of rotatable bonds is 5. The van der Waals surface area contributed by atoms with Gasteiger partial charge in [-0.15, -0.1) is 0 Å². The number of hydrogen-bond acceptors (Lipinski definition) is 6.